The summed E-state index contributed by atoms with van der Waals surface area (Å²) in [4.78, 5) is 4.09. The second-order valence-electron chi connectivity index (χ2n) is 4.21. The molecule has 8 nitrogen and oxygen atoms in total. The minimum Gasteiger partial charge on any atom is -0.464 e. The Kier molecular flexibility index (Phi) is 4.21. The molecule has 0 atom stereocenters. The van der Waals surface area contributed by atoms with Crippen LogP contribution < -0.4 is 10.5 Å². The highest BCUT2D eigenvalue weighted by atomic mass is 32.2. The summed E-state index contributed by atoms with van der Waals surface area (Å²) >= 11 is 0. The monoisotopic (exact) mass is 300 g/mol. The molecule has 9 heteroatoms. The molecule has 0 unspecified atom stereocenters. The number of nitrogens with one attached hydrogen (secondary N) is 1. The van der Waals surface area contributed by atoms with E-state index in [2.05, 4.69) is 14.9 Å². The zero-order valence-electron chi connectivity index (χ0n) is 11.2. The molecule has 0 saturated carbocycles. The van der Waals surface area contributed by atoms with Crippen molar-refractivity contribution in [2.75, 3.05) is 6.54 Å². The Morgan fingerprint density at radius 2 is 2.15 bits per heavy atom. The first-order valence-electron chi connectivity index (χ1n) is 6.00. The predicted octanol–water partition coefficient (Wildman–Crippen LogP) is 0.259. The average Bonchev–Trinajstić information content (AvgIpc) is 2.95. The van der Waals surface area contributed by atoms with Crippen molar-refractivity contribution in [1.29, 1.82) is 0 Å². The Labute approximate surface area is 116 Å². The summed E-state index contributed by atoms with van der Waals surface area (Å²) in [5, 5.41) is 3.69. The second kappa shape index (κ2) is 5.73. The molecule has 0 fully saturated rings. The third-order valence-corrected chi connectivity index (χ3v) is 4.19. The van der Waals surface area contributed by atoms with Gasteiger partial charge >= 0.3 is 0 Å². The van der Waals surface area contributed by atoms with Crippen LogP contribution in [-0.2, 0) is 23.0 Å². The highest BCUT2D eigenvalue weighted by Crippen LogP contribution is 2.19. The molecule has 0 saturated heterocycles. The lowest BCUT2D eigenvalue weighted by Crippen LogP contribution is -2.26. The van der Waals surface area contributed by atoms with E-state index in [0.717, 1.165) is 0 Å². The van der Waals surface area contributed by atoms with Crippen molar-refractivity contribution in [3.63, 3.8) is 0 Å². The van der Waals surface area contributed by atoms with Gasteiger partial charge in [0.25, 0.3) is 0 Å². The van der Waals surface area contributed by atoms with Crippen LogP contribution >= 0.6 is 0 Å². The number of aromatic nitrogens is 2. The Hall–Kier alpha value is -1.71. The summed E-state index contributed by atoms with van der Waals surface area (Å²) in [5.41, 5.74) is 5.42. The van der Waals surface area contributed by atoms with E-state index in [1.807, 2.05) is 0 Å². The molecule has 0 aliphatic rings. The Balaban J connectivity index is 2.01. The van der Waals surface area contributed by atoms with Crippen molar-refractivity contribution in [2.24, 2.45) is 5.73 Å². The van der Waals surface area contributed by atoms with Crippen molar-refractivity contribution >= 4 is 10.0 Å². The maximum absolute atomic E-state index is 12.1. The lowest BCUT2D eigenvalue weighted by molar-refractivity contribution is 0.387. The van der Waals surface area contributed by atoms with E-state index in [-0.39, 0.29) is 18.0 Å². The number of hydrogen-bond acceptors (Lipinski definition) is 7. The van der Waals surface area contributed by atoms with Gasteiger partial charge in [-0.15, -0.1) is 0 Å². The van der Waals surface area contributed by atoms with E-state index in [0.29, 0.717) is 29.7 Å². The molecule has 2 aromatic heterocycles. The van der Waals surface area contributed by atoms with Gasteiger partial charge < -0.3 is 14.7 Å². The number of hydrogen-bond donors (Lipinski definition) is 2. The fourth-order valence-electron chi connectivity index (χ4n) is 1.71. The second-order valence-corrected chi connectivity index (χ2v) is 5.95. The Bertz CT molecular complexity index is 689. The molecule has 110 valence electrons. The molecule has 0 aliphatic heterocycles. The molecule has 0 bridgehead atoms. The number of furan rings is 1. The molecule has 2 aromatic rings. The molecule has 3 N–H and O–H groups in total. The molecule has 0 aliphatic carbocycles. The number of nitrogens with two attached hydrogens (primary N) is 1. The van der Waals surface area contributed by atoms with Crippen LogP contribution in [0, 0.1) is 13.8 Å². The fourth-order valence-corrected chi connectivity index (χ4v) is 2.94. The van der Waals surface area contributed by atoms with Gasteiger partial charge in [0.05, 0.1) is 6.54 Å². The van der Waals surface area contributed by atoms with Crippen molar-refractivity contribution in [3.8, 4) is 0 Å². The van der Waals surface area contributed by atoms with Crippen LogP contribution in [0.25, 0.3) is 0 Å². The van der Waals surface area contributed by atoms with Gasteiger partial charge in [-0.05, 0) is 6.92 Å². The van der Waals surface area contributed by atoms with Gasteiger partial charge in [-0.1, -0.05) is 5.16 Å². The number of nitrogens with zero attached hydrogens (tertiary/aromatic N) is 2. The average molecular weight is 300 g/mol. The van der Waals surface area contributed by atoms with Gasteiger partial charge in [0.15, 0.2) is 5.82 Å². The smallest absolute Gasteiger partial charge is 0.244 e. The molecular formula is C11H16N4O4S. The van der Waals surface area contributed by atoms with E-state index in [4.69, 9.17) is 14.7 Å². The molecule has 0 amide bonds. The third-order valence-electron chi connectivity index (χ3n) is 2.62. The zero-order chi connectivity index (χ0) is 14.8. The maximum Gasteiger partial charge on any atom is 0.244 e. The first-order chi connectivity index (χ1) is 9.42. The highest BCUT2D eigenvalue weighted by molar-refractivity contribution is 7.89. The van der Waals surface area contributed by atoms with Gasteiger partial charge in [0, 0.05) is 26.0 Å². The van der Waals surface area contributed by atoms with Crippen molar-refractivity contribution in [2.45, 2.75) is 31.7 Å². The summed E-state index contributed by atoms with van der Waals surface area (Å²) in [6, 6.07) is 1.43. The number of rotatable bonds is 6. The van der Waals surface area contributed by atoms with Gasteiger partial charge in [-0.25, -0.2) is 13.1 Å². The van der Waals surface area contributed by atoms with Crippen molar-refractivity contribution < 1.29 is 17.4 Å². The summed E-state index contributed by atoms with van der Waals surface area (Å²) in [7, 11) is -3.63. The van der Waals surface area contributed by atoms with Gasteiger partial charge in [0.2, 0.25) is 15.9 Å². The SMILES string of the molecule is Cc1nc(CCNS(=O)(=O)c2cc(CN)oc2C)no1. The summed E-state index contributed by atoms with van der Waals surface area (Å²) < 4.78 is 36.7. The van der Waals surface area contributed by atoms with Crippen LogP contribution in [0.1, 0.15) is 23.2 Å². The van der Waals surface area contributed by atoms with Gasteiger partial charge in [-0.3, -0.25) is 0 Å². The van der Waals surface area contributed by atoms with E-state index < -0.39 is 10.0 Å². The Morgan fingerprint density at radius 3 is 2.70 bits per heavy atom. The van der Waals surface area contributed by atoms with Crippen LogP contribution in [-0.4, -0.2) is 25.1 Å². The third kappa shape index (κ3) is 3.24. The lowest BCUT2D eigenvalue weighted by atomic mass is 10.4. The van der Waals surface area contributed by atoms with E-state index in [1.165, 1.54) is 6.07 Å². The van der Waals surface area contributed by atoms with Crippen LogP contribution in [0.4, 0.5) is 0 Å². The van der Waals surface area contributed by atoms with Crippen LogP contribution in [0.2, 0.25) is 0 Å². The quantitative estimate of drug-likeness (QED) is 0.783. The largest absolute Gasteiger partial charge is 0.464 e. The zero-order valence-corrected chi connectivity index (χ0v) is 12.0. The van der Waals surface area contributed by atoms with Crippen LogP contribution in [0.15, 0.2) is 19.9 Å². The predicted molar refractivity (Wildman–Crippen MR) is 69.3 cm³/mol. The van der Waals surface area contributed by atoms with Gasteiger partial charge in [0.1, 0.15) is 16.4 Å². The summed E-state index contributed by atoms with van der Waals surface area (Å²) in [5.74, 6) is 1.64. The van der Waals surface area contributed by atoms with E-state index >= 15 is 0 Å². The molecule has 0 aromatic carbocycles. The summed E-state index contributed by atoms with van der Waals surface area (Å²) in [6.45, 7) is 3.57. The molecule has 0 radical (unpaired) electrons. The standard InChI is InChI=1S/C11H16N4O4S/c1-7-10(5-9(6-12)18-7)20(16,17)13-4-3-11-14-8(2)19-15-11/h5,13H,3-4,6,12H2,1-2H3. The molecule has 2 heterocycles. The minimum absolute atomic E-state index is 0.0993. The number of aryl methyl sites for hydroxylation is 2. The summed E-state index contributed by atoms with van der Waals surface area (Å²) in [6.07, 6.45) is 0.344. The van der Waals surface area contributed by atoms with Crippen LogP contribution in [0.5, 0.6) is 0 Å². The first kappa shape index (κ1) is 14.7. The Morgan fingerprint density at radius 1 is 1.40 bits per heavy atom. The van der Waals surface area contributed by atoms with Crippen LogP contribution in [0.3, 0.4) is 0 Å². The number of sulfonamides is 1. The lowest BCUT2D eigenvalue weighted by Gasteiger charge is -2.03. The highest BCUT2D eigenvalue weighted by Gasteiger charge is 2.20. The normalized spacial score (nSPS) is 11.9. The molecular weight excluding hydrogens is 284 g/mol. The van der Waals surface area contributed by atoms with E-state index in [1.54, 1.807) is 13.8 Å². The topological polar surface area (TPSA) is 124 Å². The maximum atomic E-state index is 12.1. The molecule has 20 heavy (non-hydrogen) atoms. The van der Waals surface area contributed by atoms with Crippen molar-refractivity contribution in [1.82, 2.24) is 14.9 Å². The molecule has 2 rings (SSSR count). The first-order valence-corrected chi connectivity index (χ1v) is 7.49. The van der Waals surface area contributed by atoms with Crippen molar-refractivity contribution in [3.05, 3.63) is 29.3 Å². The van der Waals surface area contributed by atoms with E-state index in [9.17, 15) is 8.42 Å². The van der Waals surface area contributed by atoms with Gasteiger partial charge in [-0.2, -0.15) is 4.98 Å². The molecule has 0 spiro atoms. The fraction of sp³-hybridized carbons (Fsp3) is 0.455. The minimum atomic E-state index is -3.63.